The van der Waals surface area contributed by atoms with E-state index in [1.807, 2.05) is 48.5 Å². The van der Waals surface area contributed by atoms with Gasteiger partial charge < -0.3 is 0 Å². The van der Waals surface area contributed by atoms with Crippen LogP contribution in [0.5, 0.6) is 0 Å². The van der Waals surface area contributed by atoms with Crippen LogP contribution in [-0.2, 0) is 0 Å². The van der Waals surface area contributed by atoms with E-state index in [9.17, 15) is 0 Å². The third kappa shape index (κ3) is 4.41. The second-order valence-corrected chi connectivity index (χ2v) is 10.7. The van der Waals surface area contributed by atoms with E-state index in [2.05, 4.69) is 109 Å². The number of hydrogen-bond acceptors (Lipinski definition) is 4. The summed E-state index contributed by atoms with van der Waals surface area (Å²) in [6, 6.07) is 54.1. The van der Waals surface area contributed by atoms with Crippen molar-refractivity contribution in [2.75, 3.05) is 0 Å². The Hall–Kier alpha value is -6.00. The molecule has 0 saturated carbocycles. The maximum atomic E-state index is 4.87. The van der Waals surface area contributed by atoms with Gasteiger partial charge >= 0.3 is 0 Å². The van der Waals surface area contributed by atoms with Crippen molar-refractivity contribution >= 4 is 21.8 Å². The predicted molar refractivity (Wildman–Crippen MR) is 180 cm³/mol. The first kappa shape index (κ1) is 25.7. The van der Waals surface area contributed by atoms with E-state index in [1.165, 1.54) is 0 Å². The normalized spacial score (nSPS) is 11.2. The molecule has 0 bridgehead atoms. The molecule has 206 valence electrons. The van der Waals surface area contributed by atoms with Crippen LogP contribution in [0.2, 0.25) is 0 Å². The van der Waals surface area contributed by atoms with Gasteiger partial charge in [0.15, 0.2) is 0 Å². The molecular weight excluding hydrogens is 536 g/mol. The summed E-state index contributed by atoms with van der Waals surface area (Å²) in [5.41, 5.74) is 11.7. The summed E-state index contributed by atoms with van der Waals surface area (Å²) in [7, 11) is 0. The van der Waals surface area contributed by atoms with Crippen molar-refractivity contribution in [1.82, 2.24) is 20.4 Å². The van der Waals surface area contributed by atoms with Crippen LogP contribution in [0.25, 0.3) is 77.7 Å². The van der Waals surface area contributed by atoms with Crippen molar-refractivity contribution in [1.29, 1.82) is 0 Å². The first-order valence-electron chi connectivity index (χ1n) is 14.7. The molecule has 0 atom stereocenters. The highest BCUT2D eigenvalue weighted by Crippen LogP contribution is 2.42. The minimum absolute atomic E-state index is 0.828. The minimum atomic E-state index is 0.828. The highest BCUT2D eigenvalue weighted by Gasteiger charge is 2.20. The van der Waals surface area contributed by atoms with Crippen molar-refractivity contribution < 1.29 is 0 Å². The topological polar surface area (TPSA) is 51.6 Å². The Kier molecular flexibility index (Phi) is 6.43. The van der Waals surface area contributed by atoms with Crippen molar-refractivity contribution in [3.8, 4) is 55.9 Å². The van der Waals surface area contributed by atoms with Gasteiger partial charge in [0.25, 0.3) is 0 Å². The lowest BCUT2D eigenvalue weighted by Crippen LogP contribution is -1.99. The Morgan fingerprint density at radius 2 is 0.614 bits per heavy atom. The van der Waals surface area contributed by atoms with Gasteiger partial charge in [-0.2, -0.15) is 0 Å². The summed E-state index contributed by atoms with van der Waals surface area (Å²) in [5.74, 6) is 0. The van der Waals surface area contributed by atoms with Crippen molar-refractivity contribution in [3.05, 3.63) is 158 Å². The SMILES string of the molecule is c1ccc(-c2nnc3c(-c4cccc5c(-c6ccccc6)c(-c6ccccc6)nnc45)cccc3c2-c2ccccc2)cc1. The summed E-state index contributed by atoms with van der Waals surface area (Å²) in [6.07, 6.45) is 0. The van der Waals surface area contributed by atoms with Crippen molar-refractivity contribution in [2.45, 2.75) is 0 Å². The molecule has 0 aliphatic carbocycles. The summed E-state index contributed by atoms with van der Waals surface area (Å²) in [5, 5.41) is 21.5. The van der Waals surface area contributed by atoms with Crippen LogP contribution in [0.1, 0.15) is 0 Å². The lowest BCUT2D eigenvalue weighted by atomic mass is 9.91. The number of rotatable bonds is 5. The number of hydrogen-bond donors (Lipinski definition) is 0. The highest BCUT2D eigenvalue weighted by atomic mass is 15.1. The molecule has 2 aromatic heterocycles. The van der Waals surface area contributed by atoms with E-state index in [1.54, 1.807) is 0 Å². The zero-order chi connectivity index (χ0) is 29.3. The van der Waals surface area contributed by atoms with E-state index in [0.717, 1.165) is 77.7 Å². The third-order valence-corrected chi connectivity index (χ3v) is 8.09. The Morgan fingerprint density at radius 1 is 0.273 bits per heavy atom. The van der Waals surface area contributed by atoms with Crippen LogP contribution in [0.3, 0.4) is 0 Å². The average molecular weight is 563 g/mol. The van der Waals surface area contributed by atoms with Gasteiger partial charge in [0.05, 0.1) is 0 Å². The number of aromatic nitrogens is 4. The lowest BCUT2D eigenvalue weighted by molar-refractivity contribution is 1.08. The van der Waals surface area contributed by atoms with Crippen LogP contribution in [-0.4, -0.2) is 20.4 Å². The van der Waals surface area contributed by atoms with E-state index < -0.39 is 0 Å². The number of nitrogens with zero attached hydrogens (tertiary/aromatic N) is 4. The highest BCUT2D eigenvalue weighted by molar-refractivity contribution is 6.11. The molecule has 8 rings (SSSR count). The van der Waals surface area contributed by atoms with E-state index in [0.29, 0.717) is 0 Å². The Morgan fingerprint density at radius 3 is 0.977 bits per heavy atom. The molecule has 0 N–H and O–H groups in total. The van der Waals surface area contributed by atoms with Gasteiger partial charge in [0, 0.05) is 44.2 Å². The zero-order valence-electron chi connectivity index (χ0n) is 23.8. The molecule has 0 amide bonds. The molecule has 8 aromatic rings. The molecule has 6 aromatic carbocycles. The van der Waals surface area contributed by atoms with Gasteiger partial charge in [-0.05, 0) is 11.1 Å². The van der Waals surface area contributed by atoms with E-state index in [-0.39, 0.29) is 0 Å². The quantitative estimate of drug-likeness (QED) is 0.209. The predicted octanol–water partition coefficient (Wildman–Crippen LogP) is 9.91. The van der Waals surface area contributed by atoms with Crippen LogP contribution in [0.4, 0.5) is 0 Å². The van der Waals surface area contributed by atoms with Crippen LogP contribution >= 0.6 is 0 Å². The smallest absolute Gasteiger partial charge is 0.101 e. The molecule has 4 heteroatoms. The molecule has 0 saturated heterocycles. The molecule has 0 unspecified atom stereocenters. The fraction of sp³-hybridized carbons (Fsp3) is 0. The molecule has 0 fully saturated rings. The van der Waals surface area contributed by atoms with E-state index in [4.69, 9.17) is 20.4 Å². The van der Waals surface area contributed by atoms with Gasteiger partial charge in [-0.25, -0.2) is 0 Å². The molecule has 44 heavy (non-hydrogen) atoms. The summed E-state index contributed by atoms with van der Waals surface area (Å²) in [6.45, 7) is 0. The fourth-order valence-electron chi connectivity index (χ4n) is 6.09. The second kappa shape index (κ2) is 11.0. The average Bonchev–Trinajstić information content (AvgIpc) is 3.11. The first-order chi connectivity index (χ1) is 21.9. The van der Waals surface area contributed by atoms with Gasteiger partial charge in [0.1, 0.15) is 22.4 Å². The number of fused-ring (bicyclic) bond motifs is 2. The maximum Gasteiger partial charge on any atom is 0.101 e. The molecule has 0 aliphatic heterocycles. The summed E-state index contributed by atoms with van der Waals surface area (Å²) >= 11 is 0. The van der Waals surface area contributed by atoms with Crippen molar-refractivity contribution in [3.63, 3.8) is 0 Å². The van der Waals surface area contributed by atoms with Crippen molar-refractivity contribution in [2.24, 2.45) is 0 Å². The molecule has 0 spiro atoms. The van der Waals surface area contributed by atoms with Gasteiger partial charge in [-0.3, -0.25) is 0 Å². The monoisotopic (exact) mass is 562 g/mol. The van der Waals surface area contributed by atoms with Crippen LogP contribution < -0.4 is 0 Å². The van der Waals surface area contributed by atoms with Gasteiger partial charge in [-0.15, -0.1) is 20.4 Å². The van der Waals surface area contributed by atoms with Gasteiger partial charge in [0.2, 0.25) is 0 Å². The Balaban J connectivity index is 1.41. The maximum absolute atomic E-state index is 4.87. The standard InChI is InChI=1S/C40H26N4/c1-5-15-27(16-6-1)35-33-25-13-23-31(39(33)43-41-37(35)29-19-9-3-10-20-29)32-24-14-26-34-36(28-17-7-2-8-18-28)38(42-44-40(32)34)30-21-11-4-12-22-30/h1-26H. The zero-order valence-corrected chi connectivity index (χ0v) is 23.8. The largest absolute Gasteiger partial charge is 0.149 e. The fourth-order valence-corrected chi connectivity index (χ4v) is 6.09. The third-order valence-electron chi connectivity index (χ3n) is 8.09. The Bertz CT molecular complexity index is 2090. The Labute approximate surface area is 255 Å². The first-order valence-corrected chi connectivity index (χ1v) is 14.7. The lowest BCUT2D eigenvalue weighted by Gasteiger charge is -2.16. The summed E-state index contributed by atoms with van der Waals surface area (Å²) in [4.78, 5) is 0. The second-order valence-electron chi connectivity index (χ2n) is 10.7. The summed E-state index contributed by atoms with van der Waals surface area (Å²) < 4.78 is 0. The van der Waals surface area contributed by atoms with Gasteiger partial charge in [-0.1, -0.05) is 158 Å². The molecule has 0 aliphatic rings. The molecule has 2 heterocycles. The number of benzene rings is 6. The minimum Gasteiger partial charge on any atom is -0.149 e. The van der Waals surface area contributed by atoms with Crippen LogP contribution in [0.15, 0.2) is 158 Å². The molecule has 4 nitrogen and oxygen atoms in total. The van der Waals surface area contributed by atoms with Crippen LogP contribution in [0, 0.1) is 0 Å². The molecular formula is C40H26N4. The molecule has 0 radical (unpaired) electrons. The van der Waals surface area contributed by atoms with E-state index >= 15 is 0 Å².